The van der Waals surface area contributed by atoms with E-state index in [4.69, 9.17) is 14.2 Å². The second kappa shape index (κ2) is 5.96. The Bertz CT molecular complexity index is 294. The SMILES string of the molecule is CNC(OC)C(OC)(OC)c1ccccc1. The van der Waals surface area contributed by atoms with E-state index in [9.17, 15) is 0 Å². The third-order valence-corrected chi connectivity index (χ3v) is 2.63. The highest BCUT2D eigenvalue weighted by atomic mass is 16.7. The number of likely N-dealkylation sites (N-methyl/N-ethyl adjacent to an activating group) is 1. The lowest BCUT2D eigenvalue weighted by Gasteiger charge is -2.37. The molecule has 0 aliphatic rings. The van der Waals surface area contributed by atoms with E-state index in [0.29, 0.717) is 0 Å². The van der Waals surface area contributed by atoms with Crippen molar-refractivity contribution in [2.75, 3.05) is 28.4 Å². The normalized spacial score (nSPS) is 13.8. The first-order valence-corrected chi connectivity index (χ1v) is 5.11. The van der Waals surface area contributed by atoms with E-state index in [1.54, 1.807) is 28.4 Å². The van der Waals surface area contributed by atoms with E-state index in [1.807, 2.05) is 30.3 Å². The Morgan fingerprint density at radius 1 is 1.06 bits per heavy atom. The van der Waals surface area contributed by atoms with Crippen LogP contribution in [0.15, 0.2) is 30.3 Å². The van der Waals surface area contributed by atoms with Crippen molar-refractivity contribution in [3.05, 3.63) is 35.9 Å². The molecule has 1 rings (SSSR count). The average molecular weight is 225 g/mol. The summed E-state index contributed by atoms with van der Waals surface area (Å²) in [6.45, 7) is 0. The zero-order valence-corrected chi connectivity index (χ0v) is 10.2. The molecule has 4 heteroatoms. The Labute approximate surface area is 96.5 Å². The van der Waals surface area contributed by atoms with E-state index >= 15 is 0 Å². The molecule has 0 aromatic heterocycles. The maximum Gasteiger partial charge on any atom is 0.235 e. The maximum atomic E-state index is 5.51. The van der Waals surface area contributed by atoms with Crippen molar-refractivity contribution >= 4 is 0 Å². The van der Waals surface area contributed by atoms with E-state index in [0.717, 1.165) is 5.56 Å². The average Bonchev–Trinajstić information content (AvgIpc) is 2.37. The van der Waals surface area contributed by atoms with Gasteiger partial charge in [0.1, 0.15) is 0 Å². The van der Waals surface area contributed by atoms with Crippen LogP contribution in [0.4, 0.5) is 0 Å². The van der Waals surface area contributed by atoms with Crippen LogP contribution in [0, 0.1) is 0 Å². The standard InChI is InChI=1S/C12H19NO3/c1-13-11(14-2)12(15-3,16-4)10-8-6-5-7-9-10/h5-9,11,13H,1-4H3. The van der Waals surface area contributed by atoms with E-state index < -0.39 is 5.79 Å². The van der Waals surface area contributed by atoms with Gasteiger partial charge in [-0.1, -0.05) is 30.3 Å². The summed E-state index contributed by atoms with van der Waals surface area (Å²) < 4.78 is 16.4. The van der Waals surface area contributed by atoms with Gasteiger partial charge < -0.3 is 14.2 Å². The summed E-state index contributed by atoms with van der Waals surface area (Å²) >= 11 is 0. The lowest BCUT2D eigenvalue weighted by atomic mass is 10.0. The predicted octanol–water partition coefficient (Wildman–Crippen LogP) is 1.32. The fourth-order valence-corrected chi connectivity index (χ4v) is 1.82. The van der Waals surface area contributed by atoms with Crippen molar-refractivity contribution < 1.29 is 14.2 Å². The highest BCUT2D eigenvalue weighted by Crippen LogP contribution is 2.30. The summed E-state index contributed by atoms with van der Waals surface area (Å²) in [5.41, 5.74) is 0.904. The minimum atomic E-state index is -0.940. The molecule has 1 N–H and O–H groups in total. The van der Waals surface area contributed by atoms with Crippen molar-refractivity contribution in [3.8, 4) is 0 Å². The van der Waals surface area contributed by atoms with Gasteiger partial charge in [0, 0.05) is 26.9 Å². The number of ether oxygens (including phenoxy) is 3. The molecule has 0 radical (unpaired) electrons. The first-order valence-electron chi connectivity index (χ1n) is 5.11. The molecule has 1 unspecified atom stereocenters. The number of benzene rings is 1. The van der Waals surface area contributed by atoms with Crippen LogP contribution in [0.3, 0.4) is 0 Å². The van der Waals surface area contributed by atoms with Gasteiger partial charge in [-0.2, -0.15) is 0 Å². The third-order valence-electron chi connectivity index (χ3n) is 2.63. The Balaban J connectivity index is 3.14. The Morgan fingerprint density at radius 2 is 1.62 bits per heavy atom. The minimum absolute atomic E-state index is 0.384. The number of methoxy groups -OCH3 is 3. The Hall–Kier alpha value is -0.940. The topological polar surface area (TPSA) is 39.7 Å². The van der Waals surface area contributed by atoms with E-state index in [2.05, 4.69) is 5.32 Å². The van der Waals surface area contributed by atoms with Crippen LogP contribution in [0.25, 0.3) is 0 Å². The molecule has 1 aromatic rings. The van der Waals surface area contributed by atoms with Gasteiger partial charge in [-0.3, -0.25) is 5.32 Å². The zero-order chi connectivity index (χ0) is 12.0. The summed E-state index contributed by atoms with van der Waals surface area (Å²) in [6, 6.07) is 9.70. The van der Waals surface area contributed by atoms with Crippen LogP contribution in [-0.2, 0) is 20.0 Å². The van der Waals surface area contributed by atoms with Gasteiger partial charge in [0.25, 0.3) is 0 Å². The molecule has 0 bridgehead atoms. The van der Waals surface area contributed by atoms with Crippen molar-refractivity contribution in [3.63, 3.8) is 0 Å². The number of hydrogen-bond acceptors (Lipinski definition) is 4. The summed E-state index contributed by atoms with van der Waals surface area (Å²) in [7, 11) is 6.60. The lowest BCUT2D eigenvalue weighted by molar-refractivity contribution is -0.280. The van der Waals surface area contributed by atoms with Gasteiger partial charge in [0.15, 0.2) is 6.23 Å². The number of rotatable bonds is 6. The number of nitrogens with one attached hydrogen (secondary N) is 1. The summed E-state index contributed by atoms with van der Waals surface area (Å²) in [5, 5.41) is 3.02. The van der Waals surface area contributed by atoms with Gasteiger partial charge in [-0.15, -0.1) is 0 Å². The highest BCUT2D eigenvalue weighted by Gasteiger charge is 2.41. The molecule has 90 valence electrons. The number of hydrogen-bond donors (Lipinski definition) is 1. The van der Waals surface area contributed by atoms with Crippen LogP contribution in [-0.4, -0.2) is 34.6 Å². The van der Waals surface area contributed by atoms with Gasteiger partial charge in [0.2, 0.25) is 5.79 Å². The molecular weight excluding hydrogens is 206 g/mol. The summed E-state index contributed by atoms with van der Waals surface area (Å²) in [5.74, 6) is -0.940. The van der Waals surface area contributed by atoms with Crippen molar-refractivity contribution in [1.82, 2.24) is 5.32 Å². The van der Waals surface area contributed by atoms with Crippen molar-refractivity contribution in [2.24, 2.45) is 0 Å². The summed E-state index contributed by atoms with van der Waals surface area (Å²) in [6.07, 6.45) is -0.384. The smallest absolute Gasteiger partial charge is 0.235 e. The van der Waals surface area contributed by atoms with E-state index in [1.165, 1.54) is 0 Å². The lowest BCUT2D eigenvalue weighted by Crippen LogP contribution is -2.51. The van der Waals surface area contributed by atoms with Crippen LogP contribution < -0.4 is 5.32 Å². The fraction of sp³-hybridized carbons (Fsp3) is 0.500. The molecule has 0 amide bonds. The second-order valence-electron chi connectivity index (χ2n) is 3.35. The molecule has 16 heavy (non-hydrogen) atoms. The zero-order valence-electron chi connectivity index (χ0n) is 10.2. The van der Waals surface area contributed by atoms with Crippen LogP contribution in [0.5, 0.6) is 0 Å². The molecule has 1 atom stereocenters. The first kappa shape index (κ1) is 13.1. The largest absolute Gasteiger partial charge is 0.360 e. The molecule has 0 aliphatic heterocycles. The predicted molar refractivity (Wildman–Crippen MR) is 62.0 cm³/mol. The monoisotopic (exact) mass is 225 g/mol. The van der Waals surface area contributed by atoms with Crippen LogP contribution in [0.2, 0.25) is 0 Å². The quantitative estimate of drug-likeness (QED) is 0.741. The Kier molecular flexibility index (Phi) is 4.89. The van der Waals surface area contributed by atoms with Gasteiger partial charge >= 0.3 is 0 Å². The third kappa shape index (κ3) is 2.25. The van der Waals surface area contributed by atoms with Crippen molar-refractivity contribution in [1.29, 1.82) is 0 Å². The second-order valence-corrected chi connectivity index (χ2v) is 3.35. The molecule has 0 fully saturated rings. The first-order chi connectivity index (χ1) is 7.75. The van der Waals surface area contributed by atoms with Crippen molar-refractivity contribution in [2.45, 2.75) is 12.0 Å². The molecule has 1 aromatic carbocycles. The molecule has 0 heterocycles. The molecule has 0 saturated carbocycles. The maximum absolute atomic E-state index is 5.51. The Morgan fingerprint density at radius 3 is 2.00 bits per heavy atom. The van der Waals surface area contributed by atoms with Gasteiger partial charge in [-0.25, -0.2) is 0 Å². The fourth-order valence-electron chi connectivity index (χ4n) is 1.82. The van der Waals surface area contributed by atoms with Gasteiger partial charge in [-0.05, 0) is 7.05 Å². The molecule has 4 nitrogen and oxygen atoms in total. The van der Waals surface area contributed by atoms with Crippen LogP contribution in [0.1, 0.15) is 5.56 Å². The molecule has 0 saturated heterocycles. The molecule has 0 aliphatic carbocycles. The van der Waals surface area contributed by atoms with E-state index in [-0.39, 0.29) is 6.23 Å². The minimum Gasteiger partial charge on any atom is -0.360 e. The molecule has 0 spiro atoms. The molecular formula is C12H19NO3. The summed E-state index contributed by atoms with van der Waals surface area (Å²) in [4.78, 5) is 0. The van der Waals surface area contributed by atoms with Crippen LogP contribution >= 0.6 is 0 Å². The highest BCUT2D eigenvalue weighted by molar-refractivity contribution is 5.21. The van der Waals surface area contributed by atoms with Gasteiger partial charge in [0.05, 0.1) is 0 Å².